The maximum Gasteiger partial charge on any atom is 0.340 e. The van der Waals surface area contributed by atoms with Gasteiger partial charge in [-0.1, -0.05) is 6.07 Å². The van der Waals surface area contributed by atoms with E-state index in [1.165, 1.54) is 0 Å². The van der Waals surface area contributed by atoms with E-state index >= 15 is 0 Å². The van der Waals surface area contributed by atoms with Crippen LogP contribution in [0.15, 0.2) is 18.2 Å². The summed E-state index contributed by atoms with van der Waals surface area (Å²) in [6.45, 7) is 8.03. The molecule has 0 bridgehead atoms. The number of aromatic nitrogens is 2. The molecule has 1 heterocycles. The first-order chi connectivity index (χ1) is 9.47. The van der Waals surface area contributed by atoms with Gasteiger partial charge in [-0.25, -0.2) is 9.48 Å². The van der Waals surface area contributed by atoms with Gasteiger partial charge in [-0.3, -0.25) is 0 Å². The summed E-state index contributed by atoms with van der Waals surface area (Å²) < 4.78 is 6.78. The molecule has 0 radical (unpaired) electrons. The van der Waals surface area contributed by atoms with Gasteiger partial charge in [0.15, 0.2) is 0 Å². The highest BCUT2D eigenvalue weighted by molar-refractivity contribution is 5.97. The quantitative estimate of drug-likeness (QED) is 0.689. The summed E-state index contributed by atoms with van der Waals surface area (Å²) in [5.74, 6) is -0.412. The SMILES string of the molecule is CCOC(=O)c1cccc(-n2nc(C)c(C)c2C)c1N. The van der Waals surface area contributed by atoms with Crippen LogP contribution in [0.4, 0.5) is 5.69 Å². The van der Waals surface area contributed by atoms with E-state index < -0.39 is 5.97 Å². The predicted molar refractivity (Wildman–Crippen MR) is 78.1 cm³/mol. The van der Waals surface area contributed by atoms with Crippen LogP contribution in [0.5, 0.6) is 0 Å². The summed E-state index contributed by atoms with van der Waals surface area (Å²) in [7, 11) is 0. The molecule has 1 aromatic carbocycles. The van der Waals surface area contributed by atoms with Gasteiger partial charge in [0.25, 0.3) is 0 Å². The zero-order chi connectivity index (χ0) is 14.9. The number of benzene rings is 1. The van der Waals surface area contributed by atoms with Gasteiger partial charge >= 0.3 is 5.97 Å². The molecule has 0 atom stereocenters. The second-order valence-electron chi connectivity index (χ2n) is 4.67. The topological polar surface area (TPSA) is 70.1 Å². The van der Waals surface area contributed by atoms with Gasteiger partial charge in [0.1, 0.15) is 0 Å². The Balaban J connectivity index is 2.56. The molecule has 0 aliphatic rings. The molecule has 2 N–H and O–H groups in total. The predicted octanol–water partition coefficient (Wildman–Crippen LogP) is 2.56. The number of nitrogens with two attached hydrogens (primary N) is 1. The normalized spacial score (nSPS) is 10.6. The average Bonchev–Trinajstić information content (AvgIpc) is 2.67. The second kappa shape index (κ2) is 5.36. The first-order valence-electron chi connectivity index (χ1n) is 6.56. The van der Waals surface area contributed by atoms with Gasteiger partial charge in [0.05, 0.1) is 29.2 Å². The van der Waals surface area contributed by atoms with Crippen LogP contribution in [0.1, 0.15) is 34.2 Å². The summed E-state index contributed by atoms with van der Waals surface area (Å²) >= 11 is 0. The van der Waals surface area contributed by atoms with E-state index in [0.29, 0.717) is 23.5 Å². The van der Waals surface area contributed by atoms with Crippen molar-refractivity contribution in [2.75, 3.05) is 12.3 Å². The molecule has 0 saturated carbocycles. The molecular weight excluding hydrogens is 254 g/mol. The molecule has 0 aliphatic carbocycles. The van der Waals surface area contributed by atoms with Crippen molar-refractivity contribution in [1.82, 2.24) is 9.78 Å². The number of rotatable bonds is 3. The average molecular weight is 273 g/mol. The lowest BCUT2D eigenvalue weighted by molar-refractivity contribution is 0.0527. The third-order valence-electron chi connectivity index (χ3n) is 3.46. The van der Waals surface area contributed by atoms with E-state index in [9.17, 15) is 4.79 Å². The van der Waals surface area contributed by atoms with Gasteiger partial charge in [0.2, 0.25) is 0 Å². The summed E-state index contributed by atoms with van der Waals surface area (Å²) in [5, 5.41) is 4.47. The highest BCUT2D eigenvalue weighted by Crippen LogP contribution is 2.25. The Labute approximate surface area is 118 Å². The van der Waals surface area contributed by atoms with E-state index in [0.717, 1.165) is 17.0 Å². The van der Waals surface area contributed by atoms with Gasteiger partial charge in [-0.05, 0) is 45.4 Å². The van der Waals surface area contributed by atoms with Crippen LogP contribution >= 0.6 is 0 Å². The van der Waals surface area contributed by atoms with E-state index in [1.54, 1.807) is 23.7 Å². The number of esters is 1. The molecule has 2 rings (SSSR count). The Bertz CT molecular complexity index is 659. The molecule has 5 heteroatoms. The maximum absolute atomic E-state index is 11.9. The molecule has 2 aromatic rings. The van der Waals surface area contributed by atoms with Crippen molar-refractivity contribution in [3.05, 3.63) is 40.7 Å². The summed E-state index contributed by atoms with van der Waals surface area (Å²) in [4.78, 5) is 11.9. The van der Waals surface area contributed by atoms with Crippen LogP contribution in [0.3, 0.4) is 0 Å². The molecule has 20 heavy (non-hydrogen) atoms. The van der Waals surface area contributed by atoms with Crippen LogP contribution in [0.25, 0.3) is 5.69 Å². The summed E-state index contributed by atoms with van der Waals surface area (Å²) in [6.07, 6.45) is 0. The van der Waals surface area contributed by atoms with Crippen molar-refractivity contribution < 1.29 is 9.53 Å². The third kappa shape index (κ3) is 2.27. The van der Waals surface area contributed by atoms with E-state index in [-0.39, 0.29) is 0 Å². The van der Waals surface area contributed by atoms with Crippen LogP contribution < -0.4 is 5.73 Å². The number of carbonyl (C=O) groups excluding carboxylic acids is 1. The van der Waals surface area contributed by atoms with Gasteiger partial charge in [-0.2, -0.15) is 5.10 Å². The lowest BCUT2D eigenvalue weighted by Gasteiger charge is -2.11. The second-order valence-corrected chi connectivity index (χ2v) is 4.67. The lowest BCUT2D eigenvalue weighted by Crippen LogP contribution is -2.11. The molecule has 0 aliphatic heterocycles. The summed E-state index contributed by atoms with van der Waals surface area (Å²) in [6, 6.07) is 5.29. The lowest BCUT2D eigenvalue weighted by atomic mass is 10.1. The van der Waals surface area contributed by atoms with Crippen molar-refractivity contribution >= 4 is 11.7 Å². The molecular formula is C15H19N3O2. The Hall–Kier alpha value is -2.30. The van der Waals surface area contributed by atoms with Gasteiger partial charge < -0.3 is 10.5 Å². The van der Waals surface area contributed by atoms with E-state index in [2.05, 4.69) is 5.10 Å². The zero-order valence-corrected chi connectivity index (χ0v) is 12.2. The number of hydrogen-bond acceptors (Lipinski definition) is 4. The number of anilines is 1. The Kier molecular flexibility index (Phi) is 3.79. The highest BCUT2D eigenvalue weighted by atomic mass is 16.5. The molecule has 0 fully saturated rings. The standard InChI is InChI=1S/C15H19N3O2/c1-5-20-15(19)12-7-6-8-13(14(12)16)18-11(4)9(2)10(3)17-18/h6-8H,5,16H2,1-4H3. The molecule has 0 saturated heterocycles. The minimum atomic E-state index is -0.412. The van der Waals surface area contributed by atoms with E-state index in [4.69, 9.17) is 10.5 Å². The first kappa shape index (κ1) is 14.1. The number of aryl methyl sites for hydroxylation is 1. The molecule has 1 aromatic heterocycles. The van der Waals surface area contributed by atoms with Crippen molar-refractivity contribution in [2.45, 2.75) is 27.7 Å². The Morgan fingerprint density at radius 1 is 1.35 bits per heavy atom. The number of carbonyl (C=O) groups is 1. The number of hydrogen-bond donors (Lipinski definition) is 1. The van der Waals surface area contributed by atoms with Gasteiger partial charge in [0, 0.05) is 5.69 Å². The fourth-order valence-electron chi connectivity index (χ4n) is 2.08. The molecule has 106 valence electrons. The number of ether oxygens (including phenoxy) is 1. The van der Waals surface area contributed by atoms with Crippen LogP contribution in [-0.4, -0.2) is 22.4 Å². The van der Waals surface area contributed by atoms with Crippen LogP contribution in [0, 0.1) is 20.8 Å². The van der Waals surface area contributed by atoms with Crippen molar-refractivity contribution in [3.63, 3.8) is 0 Å². The Morgan fingerprint density at radius 2 is 2.05 bits per heavy atom. The fraction of sp³-hybridized carbons (Fsp3) is 0.333. The van der Waals surface area contributed by atoms with Crippen molar-refractivity contribution in [3.8, 4) is 5.69 Å². The maximum atomic E-state index is 11.9. The minimum Gasteiger partial charge on any atom is -0.462 e. The Morgan fingerprint density at radius 3 is 2.60 bits per heavy atom. The van der Waals surface area contributed by atoms with E-state index in [1.807, 2.05) is 26.8 Å². The van der Waals surface area contributed by atoms with Crippen molar-refractivity contribution in [2.24, 2.45) is 0 Å². The van der Waals surface area contributed by atoms with Gasteiger partial charge in [-0.15, -0.1) is 0 Å². The van der Waals surface area contributed by atoms with Crippen LogP contribution in [0.2, 0.25) is 0 Å². The molecule has 0 unspecified atom stereocenters. The highest BCUT2D eigenvalue weighted by Gasteiger charge is 2.17. The molecule has 0 spiro atoms. The third-order valence-corrected chi connectivity index (χ3v) is 3.46. The summed E-state index contributed by atoms with van der Waals surface area (Å²) in [5.41, 5.74) is 10.6. The smallest absolute Gasteiger partial charge is 0.340 e. The fourth-order valence-corrected chi connectivity index (χ4v) is 2.08. The van der Waals surface area contributed by atoms with Crippen molar-refractivity contribution in [1.29, 1.82) is 0 Å². The number of nitrogens with zero attached hydrogens (tertiary/aromatic N) is 2. The molecule has 5 nitrogen and oxygen atoms in total. The number of para-hydroxylation sites is 1. The molecule has 0 amide bonds. The minimum absolute atomic E-state index is 0.321. The number of nitrogen functional groups attached to an aromatic ring is 1. The largest absolute Gasteiger partial charge is 0.462 e. The first-order valence-corrected chi connectivity index (χ1v) is 6.56. The zero-order valence-electron chi connectivity index (χ0n) is 12.2. The van der Waals surface area contributed by atoms with Crippen LogP contribution in [-0.2, 0) is 4.74 Å². The monoisotopic (exact) mass is 273 g/mol.